The lowest BCUT2D eigenvalue weighted by molar-refractivity contribution is -0.137. The second-order valence-corrected chi connectivity index (χ2v) is 5.87. The summed E-state index contributed by atoms with van der Waals surface area (Å²) in [6, 6.07) is 6.31. The van der Waals surface area contributed by atoms with Gasteiger partial charge in [-0.05, 0) is 37.8 Å². The van der Waals surface area contributed by atoms with Crippen LogP contribution in [0.3, 0.4) is 0 Å². The first-order chi connectivity index (χ1) is 9.47. The molecule has 0 aromatic heterocycles. The molecule has 2 unspecified atom stereocenters. The minimum Gasteiger partial charge on any atom is -0.365 e. The number of piperazine rings is 1. The molecule has 1 aromatic carbocycles. The fraction of sp³-hybridized carbons (Fsp3) is 0.600. The van der Waals surface area contributed by atoms with Crippen molar-refractivity contribution in [2.24, 2.45) is 5.92 Å². The van der Waals surface area contributed by atoms with Crippen LogP contribution in [-0.4, -0.2) is 25.2 Å². The highest BCUT2D eigenvalue weighted by molar-refractivity contribution is 5.56. The molecule has 0 bridgehead atoms. The predicted molar refractivity (Wildman–Crippen MR) is 72.8 cm³/mol. The molecule has 1 saturated carbocycles. The minimum absolute atomic E-state index is 0.0773. The number of nitrogens with zero attached hydrogens (tertiary/aromatic N) is 1. The number of para-hydroxylation sites is 1. The van der Waals surface area contributed by atoms with Gasteiger partial charge in [0.05, 0.1) is 5.56 Å². The summed E-state index contributed by atoms with van der Waals surface area (Å²) in [4.78, 5) is 1.92. The van der Waals surface area contributed by atoms with Gasteiger partial charge in [0.2, 0.25) is 0 Å². The van der Waals surface area contributed by atoms with Crippen molar-refractivity contribution in [3.63, 3.8) is 0 Å². The zero-order chi connectivity index (χ0) is 14.3. The smallest absolute Gasteiger partial charge is 0.365 e. The van der Waals surface area contributed by atoms with Crippen molar-refractivity contribution in [3.05, 3.63) is 29.8 Å². The first-order valence-electron chi connectivity index (χ1n) is 7.13. The average Bonchev–Trinajstić information content (AvgIpc) is 3.23. The van der Waals surface area contributed by atoms with Gasteiger partial charge in [0.1, 0.15) is 0 Å². The summed E-state index contributed by atoms with van der Waals surface area (Å²) < 4.78 is 39.5. The normalized spacial score (nSPS) is 27.7. The van der Waals surface area contributed by atoms with Gasteiger partial charge in [-0.3, -0.25) is 0 Å². The quantitative estimate of drug-likeness (QED) is 0.896. The zero-order valence-corrected chi connectivity index (χ0v) is 11.5. The summed E-state index contributed by atoms with van der Waals surface area (Å²) in [5, 5.41) is 3.47. The van der Waals surface area contributed by atoms with E-state index >= 15 is 0 Å². The molecule has 1 aromatic rings. The number of hydrogen-bond donors (Lipinski definition) is 1. The third-order valence-electron chi connectivity index (χ3n) is 4.31. The number of halogens is 3. The number of anilines is 1. The predicted octanol–water partition coefficient (Wildman–Crippen LogP) is 3.28. The molecule has 1 saturated heterocycles. The largest absolute Gasteiger partial charge is 0.418 e. The summed E-state index contributed by atoms with van der Waals surface area (Å²) in [7, 11) is 0. The molecule has 1 aliphatic carbocycles. The fourth-order valence-corrected chi connectivity index (χ4v) is 3.00. The monoisotopic (exact) mass is 284 g/mol. The molecule has 2 nitrogen and oxygen atoms in total. The Morgan fingerprint density at radius 3 is 2.55 bits per heavy atom. The van der Waals surface area contributed by atoms with Gasteiger partial charge in [-0.2, -0.15) is 13.2 Å². The Hall–Kier alpha value is -1.23. The van der Waals surface area contributed by atoms with E-state index in [0.717, 1.165) is 6.54 Å². The summed E-state index contributed by atoms with van der Waals surface area (Å²) in [6.45, 7) is 3.38. The van der Waals surface area contributed by atoms with E-state index in [-0.39, 0.29) is 6.04 Å². The van der Waals surface area contributed by atoms with E-state index in [0.29, 0.717) is 24.2 Å². The maximum absolute atomic E-state index is 13.2. The molecular weight excluding hydrogens is 265 g/mol. The maximum Gasteiger partial charge on any atom is 0.418 e. The molecule has 2 atom stereocenters. The van der Waals surface area contributed by atoms with Crippen LogP contribution in [0.4, 0.5) is 18.9 Å². The summed E-state index contributed by atoms with van der Waals surface area (Å²) in [5.41, 5.74) is -0.206. The van der Waals surface area contributed by atoms with Crippen LogP contribution in [0, 0.1) is 5.92 Å². The van der Waals surface area contributed by atoms with Gasteiger partial charge in [-0.15, -0.1) is 0 Å². The molecule has 1 aliphatic heterocycles. The Morgan fingerprint density at radius 1 is 1.20 bits per heavy atom. The third-order valence-corrected chi connectivity index (χ3v) is 4.31. The Bertz CT molecular complexity index is 482. The number of rotatable bonds is 2. The van der Waals surface area contributed by atoms with Crippen LogP contribution in [0.5, 0.6) is 0 Å². The third kappa shape index (κ3) is 2.64. The number of nitrogens with one attached hydrogen (secondary N) is 1. The van der Waals surface area contributed by atoms with Gasteiger partial charge < -0.3 is 10.2 Å². The highest BCUT2D eigenvalue weighted by atomic mass is 19.4. The minimum atomic E-state index is -4.30. The number of alkyl halides is 3. The van der Waals surface area contributed by atoms with Crippen LogP contribution in [-0.2, 0) is 6.18 Å². The van der Waals surface area contributed by atoms with Gasteiger partial charge in [0.15, 0.2) is 0 Å². The van der Waals surface area contributed by atoms with Gasteiger partial charge in [-0.25, -0.2) is 0 Å². The second kappa shape index (κ2) is 4.95. The van der Waals surface area contributed by atoms with Crippen molar-refractivity contribution in [1.82, 2.24) is 5.32 Å². The summed E-state index contributed by atoms with van der Waals surface area (Å²) in [6.07, 6.45) is -1.90. The Morgan fingerprint density at radius 2 is 1.90 bits per heavy atom. The van der Waals surface area contributed by atoms with E-state index in [4.69, 9.17) is 0 Å². The molecule has 0 spiro atoms. The SMILES string of the molecule is CC1CNC(C2CC2)CN1c1ccccc1C(F)(F)F. The first kappa shape index (κ1) is 13.7. The van der Waals surface area contributed by atoms with Crippen LogP contribution in [0.15, 0.2) is 24.3 Å². The molecule has 0 amide bonds. The lowest BCUT2D eigenvalue weighted by atomic mass is 10.0. The molecule has 1 heterocycles. The topological polar surface area (TPSA) is 15.3 Å². The van der Waals surface area contributed by atoms with Crippen molar-refractivity contribution in [3.8, 4) is 0 Å². The van der Waals surface area contributed by atoms with E-state index in [9.17, 15) is 13.2 Å². The van der Waals surface area contributed by atoms with Gasteiger partial charge >= 0.3 is 6.18 Å². The van der Waals surface area contributed by atoms with Crippen LogP contribution in [0.2, 0.25) is 0 Å². The Balaban J connectivity index is 1.90. The van der Waals surface area contributed by atoms with Gasteiger partial charge in [-0.1, -0.05) is 12.1 Å². The van der Waals surface area contributed by atoms with Gasteiger partial charge in [0, 0.05) is 30.9 Å². The number of benzene rings is 1. The maximum atomic E-state index is 13.2. The highest BCUT2D eigenvalue weighted by Gasteiger charge is 2.39. The van der Waals surface area contributed by atoms with Crippen molar-refractivity contribution in [1.29, 1.82) is 0 Å². The van der Waals surface area contributed by atoms with E-state index < -0.39 is 11.7 Å². The Labute approximate surface area is 117 Å². The fourth-order valence-electron chi connectivity index (χ4n) is 3.00. The van der Waals surface area contributed by atoms with Crippen LogP contribution in [0.25, 0.3) is 0 Å². The lowest BCUT2D eigenvalue weighted by Gasteiger charge is -2.41. The van der Waals surface area contributed by atoms with Crippen LogP contribution in [0.1, 0.15) is 25.3 Å². The van der Waals surface area contributed by atoms with Crippen molar-refractivity contribution in [2.45, 2.75) is 38.0 Å². The first-order valence-corrected chi connectivity index (χ1v) is 7.13. The summed E-state index contributed by atoms with van der Waals surface area (Å²) in [5.74, 6) is 0.642. The average molecular weight is 284 g/mol. The standard InChI is InChI=1S/C15H19F3N2/c1-10-8-19-13(11-6-7-11)9-20(10)14-5-3-2-4-12(14)15(16,17)18/h2-5,10-11,13,19H,6-9H2,1H3. The van der Waals surface area contributed by atoms with Gasteiger partial charge in [0.25, 0.3) is 0 Å². The van der Waals surface area contributed by atoms with Crippen LogP contribution >= 0.6 is 0 Å². The zero-order valence-electron chi connectivity index (χ0n) is 11.5. The van der Waals surface area contributed by atoms with Crippen molar-refractivity contribution < 1.29 is 13.2 Å². The molecule has 2 fully saturated rings. The number of hydrogen-bond acceptors (Lipinski definition) is 2. The van der Waals surface area contributed by atoms with E-state index in [1.165, 1.54) is 25.0 Å². The summed E-state index contributed by atoms with van der Waals surface area (Å²) >= 11 is 0. The molecule has 20 heavy (non-hydrogen) atoms. The van der Waals surface area contributed by atoms with E-state index in [2.05, 4.69) is 5.32 Å². The molecule has 3 rings (SSSR count). The molecule has 5 heteroatoms. The van der Waals surface area contributed by atoms with E-state index in [1.807, 2.05) is 11.8 Å². The Kier molecular flexibility index (Phi) is 3.40. The highest BCUT2D eigenvalue weighted by Crippen LogP contribution is 2.39. The van der Waals surface area contributed by atoms with Crippen molar-refractivity contribution in [2.75, 3.05) is 18.0 Å². The van der Waals surface area contributed by atoms with Crippen LogP contribution < -0.4 is 10.2 Å². The lowest BCUT2D eigenvalue weighted by Crippen LogP contribution is -2.56. The van der Waals surface area contributed by atoms with Crippen molar-refractivity contribution >= 4 is 5.69 Å². The molecule has 0 radical (unpaired) electrons. The molecular formula is C15H19F3N2. The molecule has 110 valence electrons. The molecule has 2 aliphatic rings. The van der Waals surface area contributed by atoms with E-state index in [1.54, 1.807) is 12.1 Å². The molecule has 1 N–H and O–H groups in total. The second-order valence-electron chi connectivity index (χ2n) is 5.87.